The third kappa shape index (κ3) is 2.25. The van der Waals surface area contributed by atoms with Gasteiger partial charge in [-0.15, -0.1) is 11.3 Å². The number of hydrogen-bond acceptors (Lipinski definition) is 4. The van der Waals surface area contributed by atoms with Gasteiger partial charge in [-0.2, -0.15) is 0 Å². The molecule has 5 heteroatoms. The standard InChI is InChI=1S/C15H16N2O2S/c1-19-13-5-7-20-14(13)15(18)17-6-4-10-2-3-12(16)8-11(10)9-17/h2-3,5,7-8H,4,6,9,16H2,1H3. The fourth-order valence-corrected chi connectivity index (χ4v) is 3.33. The highest BCUT2D eigenvalue weighted by Gasteiger charge is 2.24. The Hall–Kier alpha value is -2.01. The molecule has 1 amide bonds. The first-order chi connectivity index (χ1) is 9.69. The lowest BCUT2D eigenvalue weighted by atomic mass is 9.99. The molecule has 20 heavy (non-hydrogen) atoms. The molecule has 0 saturated carbocycles. The predicted octanol–water partition coefficient (Wildman–Crippen LogP) is 2.54. The highest BCUT2D eigenvalue weighted by atomic mass is 32.1. The molecular weight excluding hydrogens is 272 g/mol. The Kier molecular flexibility index (Phi) is 3.36. The van der Waals surface area contributed by atoms with Crippen molar-refractivity contribution in [3.8, 4) is 5.75 Å². The van der Waals surface area contributed by atoms with E-state index in [1.54, 1.807) is 7.11 Å². The minimum Gasteiger partial charge on any atom is -0.495 e. The zero-order valence-corrected chi connectivity index (χ0v) is 12.1. The summed E-state index contributed by atoms with van der Waals surface area (Å²) in [5, 5.41) is 1.88. The molecule has 0 saturated heterocycles. The minimum absolute atomic E-state index is 0.0323. The molecule has 1 aliphatic rings. The summed E-state index contributed by atoms with van der Waals surface area (Å²) in [7, 11) is 1.59. The topological polar surface area (TPSA) is 55.6 Å². The molecule has 0 radical (unpaired) electrons. The molecule has 2 aromatic rings. The quantitative estimate of drug-likeness (QED) is 0.864. The predicted molar refractivity (Wildman–Crippen MR) is 80.2 cm³/mol. The van der Waals surface area contributed by atoms with Crippen LogP contribution in [0.25, 0.3) is 0 Å². The van der Waals surface area contributed by atoms with E-state index in [1.165, 1.54) is 16.9 Å². The summed E-state index contributed by atoms with van der Waals surface area (Å²) < 4.78 is 5.23. The number of nitrogen functional groups attached to an aromatic ring is 1. The van der Waals surface area contributed by atoms with E-state index in [2.05, 4.69) is 6.07 Å². The van der Waals surface area contributed by atoms with Crippen molar-refractivity contribution < 1.29 is 9.53 Å². The van der Waals surface area contributed by atoms with Crippen LogP contribution in [0.15, 0.2) is 29.6 Å². The number of carbonyl (C=O) groups excluding carboxylic acids is 1. The van der Waals surface area contributed by atoms with Crippen LogP contribution in [0.1, 0.15) is 20.8 Å². The van der Waals surface area contributed by atoms with E-state index >= 15 is 0 Å². The van der Waals surface area contributed by atoms with Crippen molar-refractivity contribution >= 4 is 22.9 Å². The van der Waals surface area contributed by atoms with Gasteiger partial charge in [0.1, 0.15) is 10.6 Å². The zero-order chi connectivity index (χ0) is 14.1. The Morgan fingerprint density at radius 1 is 1.35 bits per heavy atom. The number of rotatable bonds is 2. The molecule has 0 fully saturated rings. The van der Waals surface area contributed by atoms with Gasteiger partial charge in [-0.05, 0) is 41.1 Å². The van der Waals surface area contributed by atoms with Gasteiger partial charge in [-0.3, -0.25) is 4.79 Å². The van der Waals surface area contributed by atoms with E-state index in [-0.39, 0.29) is 5.91 Å². The van der Waals surface area contributed by atoms with Gasteiger partial charge in [0.2, 0.25) is 0 Å². The molecule has 2 N–H and O–H groups in total. The van der Waals surface area contributed by atoms with Crippen LogP contribution < -0.4 is 10.5 Å². The number of nitrogens with two attached hydrogens (primary N) is 1. The lowest BCUT2D eigenvalue weighted by Crippen LogP contribution is -2.35. The van der Waals surface area contributed by atoms with Crippen LogP contribution in [0.5, 0.6) is 5.75 Å². The summed E-state index contributed by atoms with van der Waals surface area (Å²) in [4.78, 5) is 15.1. The van der Waals surface area contributed by atoms with Crippen LogP contribution in [0.4, 0.5) is 5.69 Å². The number of nitrogens with zero attached hydrogens (tertiary/aromatic N) is 1. The summed E-state index contributed by atoms with van der Waals surface area (Å²) in [6.07, 6.45) is 0.870. The van der Waals surface area contributed by atoms with Gasteiger partial charge in [0, 0.05) is 18.8 Å². The Bertz CT molecular complexity index is 651. The first-order valence-electron chi connectivity index (χ1n) is 6.47. The van der Waals surface area contributed by atoms with Crippen LogP contribution >= 0.6 is 11.3 Å². The van der Waals surface area contributed by atoms with E-state index in [9.17, 15) is 4.79 Å². The van der Waals surface area contributed by atoms with Crippen LogP contribution in [-0.4, -0.2) is 24.5 Å². The van der Waals surface area contributed by atoms with Gasteiger partial charge in [-0.25, -0.2) is 0 Å². The van der Waals surface area contributed by atoms with Crippen molar-refractivity contribution in [3.05, 3.63) is 45.6 Å². The molecule has 4 nitrogen and oxygen atoms in total. The van der Waals surface area contributed by atoms with Gasteiger partial charge in [0.05, 0.1) is 7.11 Å². The Morgan fingerprint density at radius 2 is 2.20 bits per heavy atom. The third-order valence-electron chi connectivity index (χ3n) is 3.57. The van der Waals surface area contributed by atoms with E-state index in [0.717, 1.165) is 24.2 Å². The van der Waals surface area contributed by atoms with Crippen molar-refractivity contribution in [1.29, 1.82) is 0 Å². The van der Waals surface area contributed by atoms with Crippen molar-refractivity contribution in [1.82, 2.24) is 4.90 Å². The van der Waals surface area contributed by atoms with Crippen molar-refractivity contribution in [2.45, 2.75) is 13.0 Å². The number of amides is 1. The summed E-state index contributed by atoms with van der Waals surface area (Å²) in [5.74, 6) is 0.684. The summed E-state index contributed by atoms with van der Waals surface area (Å²) in [6, 6.07) is 7.75. The minimum atomic E-state index is 0.0323. The normalized spacial score (nSPS) is 13.9. The van der Waals surface area contributed by atoms with Crippen LogP contribution in [0, 0.1) is 0 Å². The molecule has 2 heterocycles. The lowest BCUT2D eigenvalue weighted by Gasteiger charge is -2.29. The second kappa shape index (κ2) is 5.17. The van der Waals surface area contributed by atoms with Gasteiger partial charge in [0.15, 0.2) is 0 Å². The molecule has 104 valence electrons. The number of fused-ring (bicyclic) bond motifs is 1. The number of carbonyl (C=O) groups is 1. The summed E-state index contributed by atoms with van der Waals surface area (Å²) >= 11 is 1.42. The van der Waals surface area contributed by atoms with E-state index in [0.29, 0.717) is 17.2 Å². The number of ether oxygens (including phenoxy) is 1. The largest absolute Gasteiger partial charge is 0.495 e. The number of methoxy groups -OCH3 is 1. The Morgan fingerprint density at radius 3 is 3.00 bits per heavy atom. The van der Waals surface area contributed by atoms with E-state index in [1.807, 2.05) is 28.5 Å². The first kappa shape index (κ1) is 13.0. The first-order valence-corrected chi connectivity index (χ1v) is 7.35. The molecule has 0 unspecified atom stereocenters. The maximum atomic E-state index is 12.6. The van der Waals surface area contributed by atoms with Gasteiger partial charge in [-0.1, -0.05) is 6.07 Å². The zero-order valence-electron chi connectivity index (χ0n) is 11.3. The highest BCUT2D eigenvalue weighted by molar-refractivity contribution is 7.12. The van der Waals surface area contributed by atoms with Crippen LogP contribution in [-0.2, 0) is 13.0 Å². The molecule has 0 atom stereocenters. The van der Waals surface area contributed by atoms with Crippen molar-refractivity contribution in [3.63, 3.8) is 0 Å². The summed E-state index contributed by atoms with van der Waals surface area (Å²) in [6.45, 7) is 1.34. The van der Waals surface area contributed by atoms with E-state index in [4.69, 9.17) is 10.5 Å². The van der Waals surface area contributed by atoms with Gasteiger partial charge < -0.3 is 15.4 Å². The monoisotopic (exact) mass is 288 g/mol. The summed E-state index contributed by atoms with van der Waals surface area (Å²) in [5.41, 5.74) is 8.98. The fraction of sp³-hybridized carbons (Fsp3) is 0.267. The van der Waals surface area contributed by atoms with Crippen LogP contribution in [0.2, 0.25) is 0 Å². The highest BCUT2D eigenvalue weighted by Crippen LogP contribution is 2.29. The maximum absolute atomic E-state index is 12.6. The smallest absolute Gasteiger partial charge is 0.268 e. The molecule has 1 aromatic heterocycles. The maximum Gasteiger partial charge on any atom is 0.268 e. The average Bonchev–Trinajstić information content (AvgIpc) is 2.94. The van der Waals surface area contributed by atoms with Crippen molar-refractivity contribution in [2.75, 3.05) is 19.4 Å². The SMILES string of the molecule is COc1ccsc1C(=O)N1CCc2ccc(N)cc2C1. The molecule has 0 spiro atoms. The second-order valence-corrected chi connectivity index (χ2v) is 5.74. The van der Waals surface area contributed by atoms with Gasteiger partial charge in [0.25, 0.3) is 5.91 Å². The van der Waals surface area contributed by atoms with Crippen LogP contribution in [0.3, 0.4) is 0 Å². The van der Waals surface area contributed by atoms with E-state index < -0.39 is 0 Å². The van der Waals surface area contributed by atoms with Gasteiger partial charge >= 0.3 is 0 Å². The Balaban J connectivity index is 1.85. The second-order valence-electron chi connectivity index (χ2n) is 4.82. The molecule has 1 aliphatic heterocycles. The van der Waals surface area contributed by atoms with Crippen molar-refractivity contribution in [2.24, 2.45) is 0 Å². The number of hydrogen-bond donors (Lipinski definition) is 1. The third-order valence-corrected chi connectivity index (χ3v) is 4.46. The molecule has 0 bridgehead atoms. The average molecular weight is 288 g/mol. The molecule has 3 rings (SSSR count). The Labute approximate surface area is 121 Å². The number of anilines is 1. The fourth-order valence-electron chi connectivity index (χ4n) is 2.51. The molecular formula is C15H16N2O2S. The number of benzene rings is 1. The molecule has 1 aromatic carbocycles. The molecule has 0 aliphatic carbocycles. The number of thiophene rings is 1. The lowest BCUT2D eigenvalue weighted by molar-refractivity contribution is 0.0736.